The molecule has 2 unspecified atom stereocenters. The number of carbonyl (C=O) groups is 2. The molecule has 0 aliphatic rings. The van der Waals surface area contributed by atoms with E-state index >= 15 is 0 Å². The summed E-state index contributed by atoms with van der Waals surface area (Å²) in [7, 11) is -3.72. The maximum absolute atomic E-state index is 11.9. The monoisotopic (exact) mass is 398 g/mol. The largest absolute Gasteiger partial charge is 0.523 e. The summed E-state index contributed by atoms with van der Waals surface area (Å²) < 4.78 is 68.8. The quantitative estimate of drug-likeness (QED) is 0.251. The molecule has 0 aliphatic heterocycles. The second-order valence-corrected chi connectivity index (χ2v) is 5.77. The number of alkyl halides is 3. The zero-order valence-electron chi connectivity index (χ0n) is 13.5. The average Bonchev–Trinajstić information content (AvgIpc) is 2.52. The number of ether oxygens (including phenoxy) is 2. The van der Waals surface area contributed by atoms with Crippen LogP contribution in [0.1, 0.15) is 12.8 Å². The molecule has 14 heteroatoms. The lowest BCUT2D eigenvalue weighted by atomic mass is 10.2. The number of hydrogen-bond acceptors (Lipinski definition) is 10. The summed E-state index contributed by atoms with van der Waals surface area (Å²) in [5, 5.41) is 8.76. The molecule has 0 radical (unpaired) electrons. The van der Waals surface area contributed by atoms with Crippen LogP contribution in [-0.4, -0.2) is 70.5 Å². The van der Waals surface area contributed by atoms with E-state index in [4.69, 9.17) is 16.6 Å². The van der Waals surface area contributed by atoms with Crippen molar-refractivity contribution >= 4 is 22.1 Å². The molecular formula is C11H21F3N2O8S. The van der Waals surface area contributed by atoms with Crippen molar-refractivity contribution in [2.24, 2.45) is 11.5 Å². The van der Waals surface area contributed by atoms with Gasteiger partial charge in [-0.2, -0.15) is 21.6 Å². The molecule has 0 aromatic heterocycles. The van der Waals surface area contributed by atoms with Crippen molar-refractivity contribution in [3.8, 4) is 0 Å². The van der Waals surface area contributed by atoms with E-state index in [0.29, 0.717) is 0 Å². The molecule has 5 N–H and O–H groups in total. The number of methoxy groups -OCH3 is 2. The fourth-order valence-corrected chi connectivity index (χ4v) is 1.70. The van der Waals surface area contributed by atoms with Crippen LogP contribution in [0.15, 0.2) is 0 Å². The highest BCUT2D eigenvalue weighted by Crippen LogP contribution is 2.26. The van der Waals surface area contributed by atoms with Crippen molar-refractivity contribution in [2.45, 2.75) is 30.6 Å². The number of halogens is 3. The fraction of sp³-hybridized carbons (Fsp3) is 0.818. The van der Waals surface area contributed by atoms with Crippen LogP contribution in [0.4, 0.5) is 13.2 Å². The van der Waals surface area contributed by atoms with Gasteiger partial charge in [0.2, 0.25) is 0 Å². The third-order valence-corrected chi connectivity index (χ3v) is 3.39. The van der Waals surface area contributed by atoms with Gasteiger partial charge in [-0.15, -0.1) is 0 Å². The van der Waals surface area contributed by atoms with Crippen molar-refractivity contribution in [1.29, 1.82) is 0 Å². The van der Waals surface area contributed by atoms with Gasteiger partial charge in [-0.25, -0.2) is 13.8 Å². The van der Waals surface area contributed by atoms with Gasteiger partial charge in [-0.1, -0.05) is 0 Å². The molecule has 0 heterocycles. The Morgan fingerprint density at radius 2 is 1.48 bits per heavy atom. The smallest absolute Gasteiger partial charge is 0.467 e. The minimum atomic E-state index is -5.83. The maximum atomic E-state index is 11.9. The molecule has 0 saturated carbocycles. The molecule has 0 fully saturated rings. The molecular weight excluding hydrogens is 377 g/mol. The average molecular weight is 398 g/mol. The van der Waals surface area contributed by atoms with Crippen LogP contribution < -0.4 is 11.5 Å². The number of rotatable bonds is 8. The van der Waals surface area contributed by atoms with E-state index < -0.39 is 46.2 Å². The first-order valence-corrected chi connectivity index (χ1v) is 8.02. The third kappa shape index (κ3) is 10.2. The van der Waals surface area contributed by atoms with Crippen LogP contribution in [0.25, 0.3) is 0 Å². The Balaban J connectivity index is 0. The van der Waals surface area contributed by atoms with Crippen molar-refractivity contribution in [3.63, 3.8) is 0 Å². The highest BCUT2D eigenvalue weighted by molar-refractivity contribution is 7.87. The highest BCUT2D eigenvalue weighted by atomic mass is 32.2. The summed E-state index contributed by atoms with van der Waals surface area (Å²) in [5.74, 6) is -1.86. The van der Waals surface area contributed by atoms with Crippen LogP contribution in [0.5, 0.6) is 0 Å². The summed E-state index contributed by atoms with van der Waals surface area (Å²) in [4.78, 5) is 21.2. The van der Waals surface area contributed by atoms with Crippen molar-refractivity contribution < 1.29 is 49.9 Å². The zero-order chi connectivity index (χ0) is 20.3. The fourth-order valence-electron chi connectivity index (χ4n) is 1.11. The molecule has 0 aliphatic carbocycles. The number of nitrogens with two attached hydrogens (primary N) is 2. The predicted molar refractivity (Wildman–Crippen MR) is 77.2 cm³/mol. The molecule has 0 amide bonds. The van der Waals surface area contributed by atoms with Crippen LogP contribution in [0, 0.1) is 0 Å². The van der Waals surface area contributed by atoms with Crippen molar-refractivity contribution in [2.75, 3.05) is 27.3 Å². The van der Waals surface area contributed by atoms with Crippen molar-refractivity contribution in [1.82, 2.24) is 0 Å². The molecule has 0 saturated heterocycles. The summed E-state index contributed by atoms with van der Waals surface area (Å²) in [6.07, 6.45) is -3.09. The number of aliphatic hydroxyl groups is 1. The number of carbonyl (C=O) groups excluding carboxylic acids is 2. The predicted octanol–water partition coefficient (Wildman–Crippen LogP) is -1.39. The van der Waals surface area contributed by atoms with Crippen LogP contribution >= 0.6 is 0 Å². The highest BCUT2D eigenvalue weighted by Gasteiger charge is 2.49. The minimum Gasteiger partial charge on any atom is -0.467 e. The van der Waals surface area contributed by atoms with Gasteiger partial charge in [0.05, 0.1) is 14.2 Å². The second kappa shape index (κ2) is 12.0. The Hall–Kier alpha value is -1.48. The van der Waals surface area contributed by atoms with Crippen LogP contribution in [0.3, 0.4) is 0 Å². The molecule has 2 atom stereocenters. The molecule has 0 bridgehead atoms. The van der Waals surface area contributed by atoms with Crippen LogP contribution in [0.2, 0.25) is 0 Å². The molecule has 0 aromatic carbocycles. The first-order valence-electron chi connectivity index (χ1n) is 6.61. The van der Waals surface area contributed by atoms with E-state index in [-0.39, 0.29) is 19.5 Å². The first kappa shape index (κ1) is 25.8. The Morgan fingerprint density at radius 3 is 1.80 bits per heavy atom. The standard InChI is InChI=1S/C6H10F3NO5S.C5H11NO3/c1-14-5(11)4(2-3-10)15-16(12,13)6(7,8)9;1-9-5(8)4(7)2-3-6/h4H,2-3,10H2,1H3;4,7H,2-3,6H2,1H3. The van der Waals surface area contributed by atoms with E-state index in [1.807, 2.05) is 0 Å². The molecule has 25 heavy (non-hydrogen) atoms. The Kier molecular flexibility index (Phi) is 12.3. The van der Waals surface area contributed by atoms with E-state index in [2.05, 4.69) is 13.7 Å². The second-order valence-electron chi connectivity index (χ2n) is 4.20. The van der Waals surface area contributed by atoms with Gasteiger partial charge in [0, 0.05) is 0 Å². The Bertz CT molecular complexity index is 512. The molecule has 0 spiro atoms. The SMILES string of the molecule is COC(=O)C(CCN)OS(=O)(=O)C(F)(F)F.COC(=O)C(O)CCN. The summed E-state index contributed by atoms with van der Waals surface area (Å²) in [6, 6.07) is 0. The Morgan fingerprint density at radius 1 is 1.04 bits per heavy atom. The van der Waals surface area contributed by atoms with Gasteiger partial charge in [0.15, 0.2) is 12.2 Å². The zero-order valence-corrected chi connectivity index (χ0v) is 14.3. The van der Waals surface area contributed by atoms with Crippen LogP contribution in [-0.2, 0) is 33.4 Å². The van der Waals surface area contributed by atoms with Gasteiger partial charge in [-0.05, 0) is 25.9 Å². The van der Waals surface area contributed by atoms with Crippen molar-refractivity contribution in [3.05, 3.63) is 0 Å². The summed E-state index contributed by atoms with van der Waals surface area (Å²) >= 11 is 0. The lowest BCUT2D eigenvalue weighted by Crippen LogP contribution is -2.36. The van der Waals surface area contributed by atoms with E-state index in [1.54, 1.807) is 0 Å². The topological polar surface area (TPSA) is 168 Å². The van der Waals surface area contributed by atoms with Gasteiger partial charge in [-0.3, -0.25) is 0 Å². The lowest BCUT2D eigenvalue weighted by molar-refractivity contribution is -0.150. The van der Waals surface area contributed by atoms with Gasteiger partial charge in [0.1, 0.15) is 0 Å². The number of esters is 2. The van der Waals surface area contributed by atoms with E-state index in [9.17, 15) is 31.2 Å². The molecule has 10 nitrogen and oxygen atoms in total. The number of aliphatic hydroxyl groups excluding tert-OH is 1. The summed E-state index contributed by atoms with van der Waals surface area (Å²) in [5.41, 5.74) is 4.45. The van der Waals surface area contributed by atoms with E-state index in [1.165, 1.54) is 7.11 Å². The molecule has 150 valence electrons. The first-order chi connectivity index (χ1) is 11.4. The normalized spacial score (nSPS) is 13.9. The van der Waals surface area contributed by atoms with Gasteiger partial charge < -0.3 is 26.0 Å². The molecule has 0 aromatic rings. The maximum Gasteiger partial charge on any atom is 0.523 e. The lowest BCUT2D eigenvalue weighted by Gasteiger charge is -2.15. The minimum absolute atomic E-state index is 0.229. The summed E-state index contributed by atoms with van der Waals surface area (Å²) in [6.45, 7) is 0.0589. The van der Waals surface area contributed by atoms with E-state index in [0.717, 1.165) is 7.11 Å². The third-order valence-electron chi connectivity index (χ3n) is 2.33. The van der Waals surface area contributed by atoms with Gasteiger partial charge >= 0.3 is 27.6 Å². The Labute approximate surface area is 142 Å². The van der Waals surface area contributed by atoms with Gasteiger partial charge in [0.25, 0.3) is 0 Å². The number of hydrogen-bond donors (Lipinski definition) is 3. The molecule has 0 rings (SSSR count).